The number of hydrogen-bond donors (Lipinski definition) is 2. The normalized spacial score (nSPS) is 21.8. The zero-order valence-electron chi connectivity index (χ0n) is 19.0. The Kier molecular flexibility index (Phi) is 6.17. The number of ether oxygens (including phenoxy) is 2. The Morgan fingerprint density at radius 1 is 1.24 bits per heavy atom. The average Bonchev–Trinajstić information content (AvgIpc) is 3.28. The maximum absolute atomic E-state index is 11.7. The summed E-state index contributed by atoms with van der Waals surface area (Å²) in [4.78, 5) is 22.2. The number of carbonyl (C=O) groups is 1. The number of nitrogens with one attached hydrogen (secondary N) is 1. The largest absolute Gasteiger partial charge is 0.489 e. The Hall–Kier alpha value is -3.49. The maximum atomic E-state index is 11.7. The van der Waals surface area contributed by atoms with Crippen molar-refractivity contribution in [1.82, 2.24) is 10.5 Å². The van der Waals surface area contributed by atoms with E-state index in [9.17, 15) is 4.79 Å². The predicted molar refractivity (Wildman–Crippen MR) is 126 cm³/mol. The van der Waals surface area contributed by atoms with Crippen LogP contribution in [-0.4, -0.2) is 40.6 Å². The van der Waals surface area contributed by atoms with E-state index < -0.39 is 11.5 Å². The topological polar surface area (TPSA) is 102 Å². The number of rotatable bonds is 6. The van der Waals surface area contributed by atoms with E-state index in [1.165, 1.54) is 0 Å². The summed E-state index contributed by atoms with van der Waals surface area (Å²) < 4.78 is 11.6. The second-order valence-electron chi connectivity index (χ2n) is 8.88. The van der Waals surface area contributed by atoms with Gasteiger partial charge in [-0.2, -0.15) is 0 Å². The average molecular weight is 462 g/mol. The molecule has 2 N–H and O–H groups in total. The van der Waals surface area contributed by atoms with Crippen molar-refractivity contribution in [3.63, 3.8) is 0 Å². The molecule has 2 aliphatic rings. The minimum Gasteiger partial charge on any atom is -0.489 e. The van der Waals surface area contributed by atoms with Gasteiger partial charge in [-0.25, -0.2) is 5.48 Å². The molecule has 8 heteroatoms. The van der Waals surface area contributed by atoms with Crippen molar-refractivity contribution >= 4 is 22.5 Å². The Bertz CT molecular complexity index is 1230. The fourth-order valence-corrected chi connectivity index (χ4v) is 4.76. The Labute approximate surface area is 197 Å². The summed E-state index contributed by atoms with van der Waals surface area (Å²) in [6.07, 6.45) is 1.35. The van der Waals surface area contributed by atoms with Gasteiger partial charge in [0, 0.05) is 41.8 Å². The van der Waals surface area contributed by atoms with Gasteiger partial charge in [0.25, 0.3) is 0 Å². The molecule has 1 saturated heterocycles. The van der Waals surface area contributed by atoms with Gasteiger partial charge in [0.05, 0.1) is 24.4 Å². The van der Waals surface area contributed by atoms with E-state index in [4.69, 9.17) is 19.5 Å². The van der Waals surface area contributed by atoms with E-state index in [1.807, 2.05) is 49.4 Å². The Morgan fingerprint density at radius 3 is 2.88 bits per heavy atom. The van der Waals surface area contributed by atoms with Crippen LogP contribution in [0.15, 0.2) is 59.8 Å². The molecule has 5 rings (SSSR count). The van der Waals surface area contributed by atoms with Gasteiger partial charge in [-0.05, 0) is 48.9 Å². The first-order valence-electron chi connectivity index (χ1n) is 11.4. The zero-order valence-corrected chi connectivity index (χ0v) is 19.0. The fourth-order valence-electron chi connectivity index (χ4n) is 4.76. The van der Waals surface area contributed by atoms with Gasteiger partial charge >= 0.3 is 0 Å². The van der Waals surface area contributed by atoms with Gasteiger partial charge in [0.15, 0.2) is 5.60 Å². The highest BCUT2D eigenvalue weighted by molar-refractivity contribution is 6.01. The van der Waals surface area contributed by atoms with Gasteiger partial charge in [0.1, 0.15) is 12.4 Å². The zero-order chi connectivity index (χ0) is 23.5. The van der Waals surface area contributed by atoms with E-state index in [2.05, 4.69) is 22.3 Å². The molecule has 3 heterocycles. The first kappa shape index (κ1) is 22.3. The number of nitrogens with zero attached hydrogens (tertiary/aromatic N) is 2. The first-order valence-corrected chi connectivity index (χ1v) is 11.4. The molecule has 34 heavy (non-hydrogen) atoms. The molecule has 0 aliphatic carbocycles. The molecule has 1 aromatic heterocycles. The molecular weight excluding hydrogens is 434 g/mol. The number of carbonyl (C=O) groups excluding carboxylic acids is 1. The van der Waals surface area contributed by atoms with Crippen LogP contribution in [-0.2, 0) is 21.0 Å². The molecule has 3 aromatic rings. The van der Waals surface area contributed by atoms with Crippen LogP contribution in [0.5, 0.6) is 5.75 Å². The van der Waals surface area contributed by atoms with E-state index in [-0.39, 0.29) is 12.3 Å². The molecule has 2 aliphatic heterocycles. The second kappa shape index (κ2) is 9.40. The summed E-state index contributed by atoms with van der Waals surface area (Å²) in [5.41, 5.74) is 5.92. The van der Waals surface area contributed by atoms with E-state index in [0.717, 1.165) is 39.2 Å². The monoisotopic (exact) mass is 461 g/mol. The van der Waals surface area contributed by atoms with Gasteiger partial charge < -0.3 is 14.3 Å². The predicted octanol–water partition coefficient (Wildman–Crippen LogP) is 3.92. The number of fused-ring (bicyclic) bond motifs is 1. The van der Waals surface area contributed by atoms with Crippen LogP contribution in [0.4, 0.5) is 0 Å². The highest BCUT2D eigenvalue weighted by Crippen LogP contribution is 2.41. The summed E-state index contributed by atoms with van der Waals surface area (Å²) in [6.45, 7) is 3.38. The molecule has 1 fully saturated rings. The number of aromatic nitrogens is 1. The molecule has 2 aromatic carbocycles. The van der Waals surface area contributed by atoms with Gasteiger partial charge in [0.2, 0.25) is 5.91 Å². The lowest BCUT2D eigenvalue weighted by Gasteiger charge is -2.38. The van der Waals surface area contributed by atoms with Crippen LogP contribution >= 0.6 is 0 Å². The molecule has 1 spiro atoms. The van der Waals surface area contributed by atoms with Crippen molar-refractivity contribution in [3.8, 4) is 5.75 Å². The third-order valence-electron chi connectivity index (χ3n) is 6.61. The molecule has 2 unspecified atom stereocenters. The third-order valence-corrected chi connectivity index (χ3v) is 6.61. The maximum Gasteiger partial charge on any atom is 0.243 e. The smallest absolute Gasteiger partial charge is 0.243 e. The molecular formula is C26H27N3O5. The van der Waals surface area contributed by atoms with E-state index in [1.54, 1.807) is 5.48 Å². The summed E-state index contributed by atoms with van der Waals surface area (Å²) in [6, 6.07) is 17.9. The van der Waals surface area contributed by atoms with Crippen LogP contribution in [0.3, 0.4) is 0 Å². The number of amides is 1. The van der Waals surface area contributed by atoms with Crippen LogP contribution < -0.4 is 10.2 Å². The highest BCUT2D eigenvalue weighted by atomic mass is 16.7. The Balaban J connectivity index is 1.26. The van der Waals surface area contributed by atoms with Gasteiger partial charge in [-0.15, -0.1) is 0 Å². The van der Waals surface area contributed by atoms with Crippen LogP contribution in [0.25, 0.3) is 10.9 Å². The standard InChI is InChI=1S/C26H27N3O5/c1-17-12-19(22-4-2-3-5-23(22)27-17)15-33-21-8-6-18(7-9-21)24-14-26(34-29-24)10-11-32-16-20(26)13-25(30)28-31/h2-9,12,20,31H,10-11,13-16H2,1H3,(H,28,30). The van der Waals surface area contributed by atoms with E-state index in [0.29, 0.717) is 32.7 Å². The number of hydrogen-bond acceptors (Lipinski definition) is 7. The van der Waals surface area contributed by atoms with Crippen LogP contribution in [0.2, 0.25) is 0 Å². The minimum absolute atomic E-state index is 0.120. The summed E-state index contributed by atoms with van der Waals surface area (Å²) in [5.74, 6) is 0.126. The van der Waals surface area contributed by atoms with Crippen molar-refractivity contribution < 1.29 is 24.3 Å². The molecule has 2 atom stereocenters. The fraction of sp³-hybridized carbons (Fsp3) is 0.346. The van der Waals surface area contributed by atoms with Crippen molar-refractivity contribution in [2.24, 2.45) is 11.1 Å². The van der Waals surface area contributed by atoms with Crippen molar-refractivity contribution in [3.05, 3.63) is 71.4 Å². The minimum atomic E-state index is -0.588. The lowest BCUT2D eigenvalue weighted by atomic mass is 9.77. The van der Waals surface area contributed by atoms with Crippen LogP contribution in [0, 0.1) is 12.8 Å². The number of hydroxylamine groups is 1. The van der Waals surface area contributed by atoms with E-state index >= 15 is 0 Å². The SMILES string of the molecule is Cc1cc(COc2ccc(C3=NOC4(CCOCC4CC(=O)NO)C3)cc2)c2ccccc2n1. The summed E-state index contributed by atoms with van der Waals surface area (Å²) in [7, 11) is 0. The quantitative estimate of drug-likeness (QED) is 0.426. The van der Waals surface area contributed by atoms with Gasteiger partial charge in [-0.1, -0.05) is 23.4 Å². The number of aryl methyl sites for hydroxylation is 1. The highest BCUT2D eigenvalue weighted by Gasteiger charge is 2.49. The number of benzene rings is 2. The lowest BCUT2D eigenvalue weighted by molar-refractivity contribution is -0.152. The first-order chi connectivity index (χ1) is 16.6. The van der Waals surface area contributed by atoms with Crippen LogP contribution in [0.1, 0.15) is 36.1 Å². The summed E-state index contributed by atoms with van der Waals surface area (Å²) >= 11 is 0. The lowest BCUT2D eigenvalue weighted by Crippen LogP contribution is -2.47. The van der Waals surface area contributed by atoms with Crippen molar-refractivity contribution in [2.75, 3.05) is 13.2 Å². The molecule has 1 amide bonds. The molecule has 8 nitrogen and oxygen atoms in total. The molecule has 0 radical (unpaired) electrons. The van der Waals surface area contributed by atoms with Crippen molar-refractivity contribution in [2.45, 2.75) is 38.4 Å². The number of para-hydroxylation sites is 1. The third kappa shape index (κ3) is 4.47. The molecule has 176 valence electrons. The molecule has 0 bridgehead atoms. The second-order valence-corrected chi connectivity index (χ2v) is 8.88. The van der Waals surface area contributed by atoms with Gasteiger partial charge in [-0.3, -0.25) is 15.0 Å². The number of pyridine rings is 1. The Morgan fingerprint density at radius 2 is 2.06 bits per heavy atom. The number of oxime groups is 1. The van der Waals surface area contributed by atoms with Crippen molar-refractivity contribution in [1.29, 1.82) is 0 Å². The summed E-state index contributed by atoms with van der Waals surface area (Å²) in [5, 5.41) is 14.4. The molecule has 0 saturated carbocycles.